The van der Waals surface area contributed by atoms with Gasteiger partial charge in [0.2, 0.25) is 5.13 Å². The zero-order valence-corrected chi connectivity index (χ0v) is 12.1. The van der Waals surface area contributed by atoms with E-state index < -0.39 is 0 Å². The molecule has 19 heavy (non-hydrogen) atoms. The highest BCUT2D eigenvalue weighted by Gasteiger charge is 2.07. The number of hydrogen-bond acceptors (Lipinski definition) is 5. The normalized spacial score (nSPS) is 10.4. The van der Waals surface area contributed by atoms with Crippen LogP contribution in [-0.4, -0.2) is 14.3 Å². The zero-order chi connectivity index (χ0) is 13.1. The Morgan fingerprint density at radius 3 is 2.63 bits per heavy atom. The molecule has 0 spiro atoms. The van der Waals surface area contributed by atoms with Gasteiger partial charge in [-0.2, -0.15) is 9.36 Å². The van der Waals surface area contributed by atoms with Crippen molar-refractivity contribution in [2.24, 2.45) is 0 Å². The SMILES string of the molecule is Brc1ccccc1Nc1nc(-c2ccncc2)ns1. The number of nitrogens with one attached hydrogen (secondary N) is 1. The number of halogens is 1. The molecular weight excluding hydrogens is 324 g/mol. The van der Waals surface area contributed by atoms with E-state index in [4.69, 9.17) is 0 Å². The average Bonchev–Trinajstić information content (AvgIpc) is 2.91. The predicted octanol–water partition coefficient (Wildman–Crippen LogP) is 4.11. The lowest BCUT2D eigenvalue weighted by Gasteiger charge is -2.03. The number of para-hydroxylation sites is 1. The molecular formula is C13H9BrN4S. The quantitative estimate of drug-likeness (QED) is 0.784. The molecule has 6 heteroatoms. The first-order valence-electron chi connectivity index (χ1n) is 5.58. The summed E-state index contributed by atoms with van der Waals surface area (Å²) in [7, 11) is 0. The summed E-state index contributed by atoms with van der Waals surface area (Å²) in [4.78, 5) is 8.45. The predicted molar refractivity (Wildman–Crippen MR) is 80.6 cm³/mol. The molecule has 0 saturated heterocycles. The fourth-order valence-corrected chi connectivity index (χ4v) is 2.56. The second-order valence-electron chi connectivity index (χ2n) is 3.76. The lowest BCUT2D eigenvalue weighted by Crippen LogP contribution is -1.90. The fraction of sp³-hybridized carbons (Fsp3) is 0. The van der Waals surface area contributed by atoms with E-state index >= 15 is 0 Å². The van der Waals surface area contributed by atoms with Gasteiger partial charge in [-0.1, -0.05) is 12.1 Å². The molecule has 0 aliphatic carbocycles. The van der Waals surface area contributed by atoms with E-state index in [9.17, 15) is 0 Å². The Balaban J connectivity index is 1.85. The van der Waals surface area contributed by atoms with Gasteiger partial charge in [0.1, 0.15) is 0 Å². The van der Waals surface area contributed by atoms with Gasteiger partial charge < -0.3 is 5.32 Å². The van der Waals surface area contributed by atoms with Crippen molar-refractivity contribution in [3.8, 4) is 11.4 Å². The monoisotopic (exact) mass is 332 g/mol. The molecule has 4 nitrogen and oxygen atoms in total. The number of pyridine rings is 1. The summed E-state index contributed by atoms with van der Waals surface area (Å²) in [6, 6.07) is 11.7. The first kappa shape index (κ1) is 12.3. The third-order valence-electron chi connectivity index (χ3n) is 2.48. The summed E-state index contributed by atoms with van der Waals surface area (Å²) in [5.74, 6) is 0.710. The Morgan fingerprint density at radius 1 is 1.05 bits per heavy atom. The molecule has 0 bridgehead atoms. The summed E-state index contributed by atoms with van der Waals surface area (Å²) < 4.78 is 5.33. The second kappa shape index (κ2) is 5.46. The van der Waals surface area contributed by atoms with Crippen LogP contribution in [0, 0.1) is 0 Å². The number of nitrogens with zero attached hydrogens (tertiary/aromatic N) is 3. The highest BCUT2D eigenvalue weighted by Crippen LogP contribution is 2.27. The average molecular weight is 333 g/mol. The highest BCUT2D eigenvalue weighted by atomic mass is 79.9. The lowest BCUT2D eigenvalue weighted by molar-refractivity contribution is 1.28. The molecule has 0 fully saturated rings. The van der Waals surface area contributed by atoms with Gasteiger partial charge in [-0.05, 0) is 40.2 Å². The number of benzene rings is 1. The van der Waals surface area contributed by atoms with E-state index in [2.05, 4.69) is 35.6 Å². The van der Waals surface area contributed by atoms with Crippen LogP contribution in [0.15, 0.2) is 53.3 Å². The first-order valence-corrected chi connectivity index (χ1v) is 7.15. The summed E-state index contributed by atoms with van der Waals surface area (Å²) in [6.07, 6.45) is 3.47. The molecule has 1 N–H and O–H groups in total. The minimum absolute atomic E-state index is 0.710. The van der Waals surface area contributed by atoms with E-state index in [1.807, 2.05) is 36.4 Å². The number of rotatable bonds is 3. The first-order chi connectivity index (χ1) is 9.33. The number of anilines is 2. The third kappa shape index (κ3) is 2.80. The molecule has 1 aromatic carbocycles. The maximum Gasteiger partial charge on any atom is 0.207 e. The van der Waals surface area contributed by atoms with Crippen LogP contribution in [0.4, 0.5) is 10.8 Å². The van der Waals surface area contributed by atoms with Crippen LogP contribution in [0.2, 0.25) is 0 Å². The molecule has 2 aromatic heterocycles. The molecule has 0 aliphatic heterocycles. The summed E-state index contributed by atoms with van der Waals surface area (Å²) >= 11 is 4.83. The lowest BCUT2D eigenvalue weighted by atomic mass is 10.3. The van der Waals surface area contributed by atoms with Gasteiger partial charge in [0.05, 0.1) is 5.69 Å². The van der Waals surface area contributed by atoms with Crippen LogP contribution in [0.1, 0.15) is 0 Å². The summed E-state index contributed by atoms with van der Waals surface area (Å²) in [5, 5.41) is 4.01. The van der Waals surface area contributed by atoms with E-state index in [1.165, 1.54) is 11.5 Å². The van der Waals surface area contributed by atoms with Gasteiger partial charge in [0.25, 0.3) is 0 Å². The topological polar surface area (TPSA) is 50.7 Å². The third-order valence-corrected chi connectivity index (χ3v) is 3.80. The molecule has 2 heterocycles. The number of aromatic nitrogens is 3. The van der Waals surface area contributed by atoms with Crippen LogP contribution in [0.3, 0.4) is 0 Å². The van der Waals surface area contributed by atoms with Gasteiger partial charge in [0, 0.05) is 34.0 Å². The van der Waals surface area contributed by atoms with Crippen LogP contribution in [0.5, 0.6) is 0 Å². The van der Waals surface area contributed by atoms with Crippen LogP contribution < -0.4 is 5.32 Å². The van der Waals surface area contributed by atoms with Crippen LogP contribution in [-0.2, 0) is 0 Å². The van der Waals surface area contributed by atoms with E-state index in [0.29, 0.717) is 5.82 Å². The largest absolute Gasteiger partial charge is 0.329 e. The smallest absolute Gasteiger partial charge is 0.207 e. The van der Waals surface area contributed by atoms with Crippen molar-refractivity contribution < 1.29 is 0 Å². The highest BCUT2D eigenvalue weighted by molar-refractivity contribution is 9.10. The van der Waals surface area contributed by atoms with Crippen molar-refractivity contribution in [2.45, 2.75) is 0 Å². The van der Waals surface area contributed by atoms with Gasteiger partial charge in [-0.3, -0.25) is 4.98 Å². The van der Waals surface area contributed by atoms with Crippen molar-refractivity contribution in [1.82, 2.24) is 14.3 Å². The van der Waals surface area contributed by atoms with E-state index in [1.54, 1.807) is 12.4 Å². The van der Waals surface area contributed by atoms with Crippen LogP contribution in [0.25, 0.3) is 11.4 Å². The Morgan fingerprint density at radius 2 is 1.84 bits per heavy atom. The molecule has 0 radical (unpaired) electrons. The Labute approximate surface area is 122 Å². The molecule has 94 valence electrons. The van der Waals surface area contributed by atoms with Gasteiger partial charge in [0.15, 0.2) is 5.82 Å². The molecule has 0 atom stereocenters. The van der Waals surface area contributed by atoms with E-state index in [-0.39, 0.29) is 0 Å². The van der Waals surface area contributed by atoms with Gasteiger partial charge in [-0.25, -0.2) is 0 Å². The van der Waals surface area contributed by atoms with Crippen molar-refractivity contribution >= 4 is 38.3 Å². The maximum absolute atomic E-state index is 4.46. The standard InChI is InChI=1S/C13H9BrN4S/c14-10-3-1-2-4-11(10)16-13-17-12(18-19-13)9-5-7-15-8-6-9/h1-8H,(H,16,17,18). The molecule has 0 unspecified atom stereocenters. The molecule has 3 rings (SSSR count). The zero-order valence-electron chi connectivity index (χ0n) is 9.75. The maximum atomic E-state index is 4.46. The Hall–Kier alpha value is -1.79. The van der Waals surface area contributed by atoms with Crippen LogP contribution >= 0.6 is 27.5 Å². The van der Waals surface area contributed by atoms with Crippen molar-refractivity contribution in [3.05, 3.63) is 53.3 Å². The minimum Gasteiger partial charge on any atom is -0.329 e. The Kier molecular flexibility index (Phi) is 3.52. The molecule has 0 aliphatic rings. The molecule has 0 amide bonds. The van der Waals surface area contributed by atoms with Gasteiger partial charge >= 0.3 is 0 Å². The number of hydrogen-bond donors (Lipinski definition) is 1. The second-order valence-corrected chi connectivity index (χ2v) is 5.37. The molecule has 0 saturated carbocycles. The van der Waals surface area contributed by atoms with Crippen molar-refractivity contribution in [1.29, 1.82) is 0 Å². The fourth-order valence-electron chi connectivity index (χ4n) is 1.57. The van der Waals surface area contributed by atoms with Gasteiger partial charge in [-0.15, -0.1) is 0 Å². The molecule has 3 aromatic rings. The van der Waals surface area contributed by atoms with Crippen molar-refractivity contribution in [2.75, 3.05) is 5.32 Å². The Bertz CT molecular complexity index is 684. The summed E-state index contributed by atoms with van der Waals surface area (Å²) in [6.45, 7) is 0. The minimum atomic E-state index is 0.710. The van der Waals surface area contributed by atoms with Crippen molar-refractivity contribution in [3.63, 3.8) is 0 Å². The van der Waals surface area contributed by atoms with E-state index in [0.717, 1.165) is 20.9 Å². The summed E-state index contributed by atoms with van der Waals surface area (Å²) in [5.41, 5.74) is 1.94.